The first kappa shape index (κ1) is 28.0. The minimum absolute atomic E-state index is 0.110. The molecule has 0 bridgehead atoms. The molecule has 4 aromatic rings. The summed E-state index contributed by atoms with van der Waals surface area (Å²) in [4.78, 5) is 23.3. The fraction of sp³-hybridized carbons (Fsp3) is 0.600. The molecule has 1 aliphatic carbocycles. The molecule has 6 rings (SSSR count). The van der Waals surface area contributed by atoms with Gasteiger partial charge in [0.1, 0.15) is 36.0 Å². The van der Waals surface area contributed by atoms with Crippen LogP contribution in [-0.2, 0) is 16.6 Å². The lowest BCUT2D eigenvalue weighted by atomic mass is 9.76. The number of anilines is 1. The maximum Gasteiger partial charge on any atom is 0.167 e. The quantitative estimate of drug-likeness (QED) is 0.253. The summed E-state index contributed by atoms with van der Waals surface area (Å²) in [5.41, 5.74) is 10.4. The highest BCUT2D eigenvalue weighted by molar-refractivity contribution is 5.81. The molecule has 1 saturated carbocycles. The van der Waals surface area contributed by atoms with Gasteiger partial charge in [0.05, 0.1) is 17.4 Å². The summed E-state index contributed by atoms with van der Waals surface area (Å²) in [5, 5.41) is 21.8. The van der Waals surface area contributed by atoms with Crippen molar-refractivity contribution in [3.8, 4) is 0 Å². The molecule has 2 fully saturated rings. The largest absolute Gasteiger partial charge is 0.387 e. The number of rotatable bonds is 8. The number of benzene rings is 1. The van der Waals surface area contributed by atoms with Crippen LogP contribution in [-0.4, -0.2) is 81.5 Å². The number of aliphatic hydroxyl groups is 2. The third kappa shape index (κ3) is 5.31. The van der Waals surface area contributed by atoms with Crippen LogP contribution in [0.25, 0.3) is 22.2 Å². The summed E-state index contributed by atoms with van der Waals surface area (Å²) in [5.74, 6) is 1.95. The standard InChI is InChI=1S/C30H42N8O3/c1-16(2)37(13-22-25(39)26(40)29(41-22)38-15-34-24-27(31)32-14-33-28(24)38)19-10-17(11-19)6-9-23-35-20-8-7-18(30(3,4)5)12-21(20)36-23/h7-8,12,14-17,19,22,25-26,29,39-40H,6,9-11,13H2,1-5H3,(H,35,36)(H2,31,32,33)/t17?,19?,22-,25+,26+,29-/m1/s1. The topological polar surface area (TPSA) is 151 Å². The summed E-state index contributed by atoms with van der Waals surface area (Å²) < 4.78 is 7.86. The van der Waals surface area contributed by atoms with Crippen molar-refractivity contribution in [1.82, 2.24) is 34.4 Å². The van der Waals surface area contributed by atoms with E-state index in [-0.39, 0.29) is 17.3 Å². The number of ether oxygens (including phenoxy) is 1. The Kier molecular flexibility index (Phi) is 7.25. The van der Waals surface area contributed by atoms with Gasteiger partial charge in [-0.25, -0.2) is 19.9 Å². The number of nitrogens with one attached hydrogen (secondary N) is 1. The highest BCUT2D eigenvalue weighted by atomic mass is 16.6. The SMILES string of the molecule is CC(C)N(C[C@H]1O[C@@H](n2cnc3c(N)ncnc32)[C@@H](O)[C@H]1O)C1CC(CCc2nc3ccc(C(C)(C)C)cc3[nH]2)C1. The molecule has 0 amide bonds. The lowest BCUT2D eigenvalue weighted by Gasteiger charge is -2.46. The third-order valence-corrected chi connectivity index (χ3v) is 8.92. The molecule has 0 radical (unpaired) electrons. The fourth-order valence-corrected chi connectivity index (χ4v) is 6.35. The molecular formula is C30H42N8O3. The summed E-state index contributed by atoms with van der Waals surface area (Å²) >= 11 is 0. The highest BCUT2D eigenvalue weighted by Gasteiger charge is 2.46. The molecule has 4 heterocycles. The van der Waals surface area contributed by atoms with E-state index in [2.05, 4.69) is 77.7 Å². The number of aliphatic hydroxyl groups excluding tert-OH is 2. The van der Waals surface area contributed by atoms with Crippen LogP contribution in [0.2, 0.25) is 0 Å². The number of imidazole rings is 2. The second-order valence-electron chi connectivity index (χ2n) is 13.1. The number of aryl methyl sites for hydroxylation is 1. The summed E-state index contributed by atoms with van der Waals surface area (Å²) in [6, 6.07) is 7.22. The predicted octanol–water partition coefficient (Wildman–Crippen LogP) is 3.32. The minimum Gasteiger partial charge on any atom is -0.387 e. The summed E-state index contributed by atoms with van der Waals surface area (Å²) in [6.07, 6.45) is 3.63. The predicted molar refractivity (Wildman–Crippen MR) is 157 cm³/mol. The van der Waals surface area contributed by atoms with Gasteiger partial charge in [-0.2, -0.15) is 0 Å². The van der Waals surface area contributed by atoms with E-state index in [0.29, 0.717) is 29.7 Å². The Morgan fingerprint density at radius 2 is 1.93 bits per heavy atom. The molecule has 3 aromatic heterocycles. The fourth-order valence-electron chi connectivity index (χ4n) is 6.35. The maximum atomic E-state index is 10.9. The smallest absolute Gasteiger partial charge is 0.167 e. The van der Waals surface area contributed by atoms with E-state index in [1.54, 1.807) is 4.57 Å². The Labute approximate surface area is 240 Å². The van der Waals surface area contributed by atoms with Crippen LogP contribution in [0, 0.1) is 5.92 Å². The van der Waals surface area contributed by atoms with Crippen molar-refractivity contribution in [3.63, 3.8) is 0 Å². The zero-order chi connectivity index (χ0) is 29.1. The van der Waals surface area contributed by atoms with E-state index in [4.69, 9.17) is 15.5 Å². The van der Waals surface area contributed by atoms with Gasteiger partial charge >= 0.3 is 0 Å². The number of H-pyrrole nitrogens is 1. The summed E-state index contributed by atoms with van der Waals surface area (Å²) in [6.45, 7) is 11.6. The van der Waals surface area contributed by atoms with Crippen molar-refractivity contribution in [2.24, 2.45) is 5.92 Å². The van der Waals surface area contributed by atoms with Crippen molar-refractivity contribution in [2.75, 3.05) is 12.3 Å². The molecule has 220 valence electrons. The number of nitrogens with zero attached hydrogens (tertiary/aromatic N) is 6. The molecule has 41 heavy (non-hydrogen) atoms. The van der Waals surface area contributed by atoms with Crippen LogP contribution in [0.1, 0.15) is 71.5 Å². The second kappa shape index (κ2) is 10.6. The van der Waals surface area contributed by atoms with Gasteiger partial charge in [-0.3, -0.25) is 9.47 Å². The molecule has 5 N–H and O–H groups in total. The third-order valence-electron chi connectivity index (χ3n) is 8.92. The molecule has 0 unspecified atom stereocenters. The Morgan fingerprint density at radius 3 is 2.66 bits per heavy atom. The van der Waals surface area contributed by atoms with Crippen LogP contribution in [0.4, 0.5) is 5.82 Å². The number of hydrogen-bond donors (Lipinski definition) is 4. The molecular weight excluding hydrogens is 520 g/mol. The first-order chi connectivity index (χ1) is 19.5. The lowest BCUT2D eigenvalue weighted by molar-refractivity contribution is -0.0620. The van der Waals surface area contributed by atoms with Crippen molar-refractivity contribution >= 4 is 28.0 Å². The van der Waals surface area contributed by atoms with E-state index in [9.17, 15) is 10.2 Å². The number of nitrogens with two attached hydrogens (primary N) is 1. The van der Waals surface area contributed by atoms with Gasteiger partial charge in [-0.15, -0.1) is 0 Å². The molecule has 11 heteroatoms. The average molecular weight is 563 g/mol. The van der Waals surface area contributed by atoms with Crippen LogP contribution in [0.3, 0.4) is 0 Å². The van der Waals surface area contributed by atoms with Crippen LogP contribution in [0.15, 0.2) is 30.9 Å². The molecule has 1 saturated heterocycles. The molecule has 2 aliphatic rings. The lowest BCUT2D eigenvalue weighted by Crippen LogP contribution is -2.52. The Hall–Kier alpha value is -3.12. The number of nitrogen functional groups attached to an aromatic ring is 1. The van der Waals surface area contributed by atoms with E-state index in [1.165, 1.54) is 18.2 Å². The highest BCUT2D eigenvalue weighted by Crippen LogP contribution is 2.38. The van der Waals surface area contributed by atoms with E-state index in [1.807, 2.05) is 0 Å². The first-order valence-corrected chi connectivity index (χ1v) is 14.7. The average Bonchev–Trinajstić information content (AvgIpc) is 3.58. The van der Waals surface area contributed by atoms with Gasteiger partial charge < -0.3 is 25.7 Å². The molecule has 4 atom stereocenters. The Morgan fingerprint density at radius 1 is 1.15 bits per heavy atom. The Balaban J connectivity index is 1.06. The number of aromatic amines is 1. The molecule has 1 aliphatic heterocycles. The van der Waals surface area contributed by atoms with Gasteiger partial charge in [0.15, 0.2) is 17.7 Å². The number of hydrogen-bond acceptors (Lipinski definition) is 9. The number of aromatic nitrogens is 6. The van der Waals surface area contributed by atoms with Crippen molar-refractivity contribution in [3.05, 3.63) is 42.2 Å². The number of fused-ring (bicyclic) bond motifs is 2. The van der Waals surface area contributed by atoms with Crippen molar-refractivity contribution in [2.45, 2.75) is 102 Å². The normalized spacial score (nSPS) is 27.0. The monoisotopic (exact) mass is 562 g/mol. The van der Waals surface area contributed by atoms with Gasteiger partial charge in [0, 0.05) is 25.0 Å². The van der Waals surface area contributed by atoms with Crippen LogP contribution in [0.5, 0.6) is 0 Å². The first-order valence-electron chi connectivity index (χ1n) is 14.7. The van der Waals surface area contributed by atoms with Gasteiger partial charge in [0.25, 0.3) is 0 Å². The van der Waals surface area contributed by atoms with Crippen molar-refractivity contribution in [1.29, 1.82) is 0 Å². The zero-order valence-corrected chi connectivity index (χ0v) is 24.5. The summed E-state index contributed by atoms with van der Waals surface area (Å²) in [7, 11) is 0. The second-order valence-corrected chi connectivity index (χ2v) is 13.1. The van der Waals surface area contributed by atoms with E-state index < -0.39 is 24.5 Å². The minimum atomic E-state index is -1.11. The van der Waals surface area contributed by atoms with Gasteiger partial charge in [0.2, 0.25) is 0 Å². The molecule has 0 spiro atoms. The Bertz CT molecular complexity index is 1520. The zero-order valence-electron chi connectivity index (χ0n) is 24.5. The van der Waals surface area contributed by atoms with Gasteiger partial charge in [-0.1, -0.05) is 26.8 Å². The molecule has 11 nitrogen and oxygen atoms in total. The van der Waals surface area contributed by atoms with Gasteiger partial charge in [-0.05, 0) is 62.1 Å². The van der Waals surface area contributed by atoms with Crippen LogP contribution < -0.4 is 5.73 Å². The van der Waals surface area contributed by atoms with E-state index in [0.717, 1.165) is 42.5 Å². The van der Waals surface area contributed by atoms with E-state index >= 15 is 0 Å². The van der Waals surface area contributed by atoms with Crippen LogP contribution >= 0.6 is 0 Å². The molecule has 1 aromatic carbocycles. The maximum absolute atomic E-state index is 10.9. The van der Waals surface area contributed by atoms with Crippen molar-refractivity contribution < 1.29 is 14.9 Å².